The Balaban J connectivity index is 1.78. The lowest BCUT2D eigenvalue weighted by Crippen LogP contribution is -2.57. The average molecular weight is 247 g/mol. The molecular weight excluding hydrogens is 226 g/mol. The third kappa shape index (κ3) is 3.22. The van der Waals surface area contributed by atoms with Gasteiger partial charge in [-0.3, -0.25) is 4.79 Å². The van der Waals surface area contributed by atoms with E-state index in [-0.39, 0.29) is 5.91 Å². The Hall–Kier alpha value is -1.58. The number of likely N-dealkylation sites (tertiary alicyclic amines) is 1. The number of nitrogens with one attached hydrogen (secondary N) is 1. The van der Waals surface area contributed by atoms with Crippen molar-refractivity contribution < 1.29 is 4.79 Å². The number of hydrogen-bond acceptors (Lipinski definition) is 3. The summed E-state index contributed by atoms with van der Waals surface area (Å²) in [5.74, 6) is 1.60. The zero-order chi connectivity index (χ0) is 13.1. The minimum Gasteiger partial charge on any atom is -0.364 e. The molecule has 1 saturated heterocycles. The van der Waals surface area contributed by atoms with Crippen LogP contribution in [0.15, 0.2) is 18.3 Å². The molecule has 0 radical (unpaired) electrons. The molecule has 1 aromatic heterocycles. The van der Waals surface area contributed by atoms with Gasteiger partial charge >= 0.3 is 0 Å². The van der Waals surface area contributed by atoms with Gasteiger partial charge in [0.15, 0.2) is 0 Å². The molecule has 0 bridgehead atoms. The summed E-state index contributed by atoms with van der Waals surface area (Å²) in [6.07, 6.45) is 2.45. The minimum absolute atomic E-state index is 0.264. The highest BCUT2D eigenvalue weighted by atomic mass is 16.2. The summed E-state index contributed by atoms with van der Waals surface area (Å²) in [5, 5.41) is 3.35. The van der Waals surface area contributed by atoms with Crippen LogP contribution in [-0.4, -0.2) is 34.9 Å². The van der Waals surface area contributed by atoms with Crippen LogP contribution in [0.2, 0.25) is 0 Å². The van der Waals surface area contributed by atoms with Crippen molar-refractivity contribution >= 4 is 11.7 Å². The zero-order valence-electron chi connectivity index (χ0n) is 11.3. The van der Waals surface area contributed by atoms with Gasteiger partial charge in [0, 0.05) is 25.7 Å². The fraction of sp³-hybridized carbons (Fsp3) is 0.571. The number of amides is 1. The molecule has 1 aliphatic rings. The molecule has 4 heteroatoms. The Bertz CT molecular complexity index is 425. The second-order valence-electron chi connectivity index (χ2n) is 5.46. The van der Waals surface area contributed by atoms with Gasteiger partial charge in [-0.1, -0.05) is 13.8 Å². The van der Waals surface area contributed by atoms with Crippen LogP contribution >= 0.6 is 0 Å². The molecule has 2 heterocycles. The first-order chi connectivity index (χ1) is 8.54. The van der Waals surface area contributed by atoms with Crippen molar-refractivity contribution in [3.8, 4) is 0 Å². The Labute approximate surface area is 108 Å². The Kier molecular flexibility index (Phi) is 3.84. The second kappa shape index (κ2) is 5.38. The topological polar surface area (TPSA) is 45.2 Å². The van der Waals surface area contributed by atoms with Crippen molar-refractivity contribution in [3.05, 3.63) is 23.9 Å². The van der Waals surface area contributed by atoms with Crippen molar-refractivity contribution in [2.24, 2.45) is 5.92 Å². The van der Waals surface area contributed by atoms with Crippen LogP contribution in [0.1, 0.15) is 25.8 Å². The van der Waals surface area contributed by atoms with Crippen LogP contribution in [0.5, 0.6) is 0 Å². The van der Waals surface area contributed by atoms with Crippen LogP contribution in [0.4, 0.5) is 5.82 Å². The SMILES string of the molecule is Cc1ccnc(NC2CN(C(=O)CC(C)C)C2)c1. The molecular formula is C14H21N3O. The van der Waals surface area contributed by atoms with Crippen LogP contribution < -0.4 is 5.32 Å². The van der Waals surface area contributed by atoms with E-state index in [4.69, 9.17) is 0 Å². The molecule has 0 saturated carbocycles. The highest BCUT2D eigenvalue weighted by molar-refractivity contribution is 5.77. The van der Waals surface area contributed by atoms with Gasteiger partial charge in [0.25, 0.3) is 0 Å². The maximum atomic E-state index is 11.8. The molecule has 18 heavy (non-hydrogen) atoms. The Morgan fingerprint density at radius 3 is 2.89 bits per heavy atom. The smallest absolute Gasteiger partial charge is 0.222 e. The highest BCUT2D eigenvalue weighted by Crippen LogP contribution is 2.16. The normalized spacial score (nSPS) is 15.7. The average Bonchev–Trinajstić information content (AvgIpc) is 2.21. The maximum absolute atomic E-state index is 11.8. The lowest BCUT2D eigenvalue weighted by atomic mass is 10.0. The van der Waals surface area contributed by atoms with E-state index in [1.54, 1.807) is 6.20 Å². The molecule has 98 valence electrons. The number of carbonyl (C=O) groups is 1. The quantitative estimate of drug-likeness (QED) is 0.885. The van der Waals surface area contributed by atoms with Gasteiger partial charge in [-0.05, 0) is 30.5 Å². The number of pyridine rings is 1. The summed E-state index contributed by atoms with van der Waals surface area (Å²) < 4.78 is 0. The van der Waals surface area contributed by atoms with Gasteiger partial charge in [-0.15, -0.1) is 0 Å². The fourth-order valence-corrected chi connectivity index (χ4v) is 2.08. The number of aromatic nitrogens is 1. The van der Waals surface area contributed by atoms with Crippen molar-refractivity contribution in [1.29, 1.82) is 0 Å². The summed E-state index contributed by atoms with van der Waals surface area (Å²) >= 11 is 0. The van der Waals surface area contributed by atoms with Gasteiger partial charge in [0.1, 0.15) is 5.82 Å². The third-order valence-electron chi connectivity index (χ3n) is 3.08. The molecule has 4 nitrogen and oxygen atoms in total. The first kappa shape index (κ1) is 12.9. The predicted octanol–water partition coefficient (Wildman–Crippen LogP) is 2.06. The number of carbonyl (C=O) groups excluding carboxylic acids is 1. The molecule has 0 aliphatic carbocycles. The van der Waals surface area contributed by atoms with Gasteiger partial charge in [0.2, 0.25) is 5.91 Å². The fourth-order valence-electron chi connectivity index (χ4n) is 2.08. The molecule has 2 rings (SSSR count). The Morgan fingerprint density at radius 1 is 1.56 bits per heavy atom. The molecule has 1 fully saturated rings. The molecule has 0 unspecified atom stereocenters. The van der Waals surface area contributed by atoms with Crippen molar-refractivity contribution in [2.75, 3.05) is 18.4 Å². The monoisotopic (exact) mass is 247 g/mol. The molecule has 0 aromatic carbocycles. The van der Waals surface area contributed by atoms with E-state index in [9.17, 15) is 4.79 Å². The van der Waals surface area contributed by atoms with Gasteiger partial charge in [-0.25, -0.2) is 4.98 Å². The largest absolute Gasteiger partial charge is 0.364 e. The first-order valence-electron chi connectivity index (χ1n) is 6.51. The van der Waals surface area contributed by atoms with E-state index in [2.05, 4.69) is 24.1 Å². The van der Waals surface area contributed by atoms with Crippen molar-refractivity contribution in [3.63, 3.8) is 0 Å². The number of aryl methyl sites for hydroxylation is 1. The molecule has 0 spiro atoms. The van der Waals surface area contributed by atoms with Crippen LogP contribution in [0.3, 0.4) is 0 Å². The Morgan fingerprint density at radius 2 is 2.28 bits per heavy atom. The van der Waals surface area contributed by atoms with E-state index < -0.39 is 0 Å². The maximum Gasteiger partial charge on any atom is 0.222 e. The summed E-state index contributed by atoms with van der Waals surface area (Å²) in [6, 6.07) is 4.35. The van der Waals surface area contributed by atoms with Crippen molar-refractivity contribution in [1.82, 2.24) is 9.88 Å². The lowest BCUT2D eigenvalue weighted by Gasteiger charge is -2.40. The third-order valence-corrected chi connectivity index (χ3v) is 3.08. The minimum atomic E-state index is 0.264. The molecule has 1 aliphatic heterocycles. The molecule has 1 aromatic rings. The number of anilines is 1. The number of hydrogen-bond donors (Lipinski definition) is 1. The summed E-state index contributed by atoms with van der Waals surface area (Å²) in [5.41, 5.74) is 1.19. The standard InChI is InChI=1S/C14H21N3O/c1-10(2)6-14(18)17-8-12(9-17)16-13-7-11(3)4-5-15-13/h4-5,7,10,12H,6,8-9H2,1-3H3,(H,15,16). The highest BCUT2D eigenvalue weighted by Gasteiger charge is 2.30. The molecule has 0 atom stereocenters. The van der Waals surface area contributed by atoms with E-state index in [1.807, 2.05) is 24.0 Å². The van der Waals surface area contributed by atoms with E-state index in [0.717, 1.165) is 18.9 Å². The second-order valence-corrected chi connectivity index (χ2v) is 5.46. The van der Waals surface area contributed by atoms with Gasteiger partial charge in [0.05, 0.1) is 6.04 Å². The van der Waals surface area contributed by atoms with Crippen molar-refractivity contribution in [2.45, 2.75) is 33.2 Å². The van der Waals surface area contributed by atoms with Crippen LogP contribution in [0.25, 0.3) is 0 Å². The van der Waals surface area contributed by atoms with E-state index in [0.29, 0.717) is 18.4 Å². The number of nitrogens with zero attached hydrogens (tertiary/aromatic N) is 2. The molecule has 1 amide bonds. The summed E-state index contributed by atoms with van der Waals surface area (Å²) in [4.78, 5) is 17.9. The van der Waals surface area contributed by atoms with Gasteiger partial charge < -0.3 is 10.2 Å². The first-order valence-corrected chi connectivity index (χ1v) is 6.51. The zero-order valence-corrected chi connectivity index (χ0v) is 11.3. The molecule has 1 N–H and O–H groups in total. The summed E-state index contributed by atoms with van der Waals surface area (Å²) in [6.45, 7) is 7.78. The van der Waals surface area contributed by atoms with E-state index in [1.165, 1.54) is 5.56 Å². The predicted molar refractivity (Wildman–Crippen MR) is 72.4 cm³/mol. The summed E-state index contributed by atoms with van der Waals surface area (Å²) in [7, 11) is 0. The van der Waals surface area contributed by atoms with Gasteiger partial charge in [-0.2, -0.15) is 0 Å². The lowest BCUT2D eigenvalue weighted by molar-refractivity contribution is -0.135. The number of rotatable bonds is 4. The van der Waals surface area contributed by atoms with E-state index >= 15 is 0 Å². The van der Waals surface area contributed by atoms with Crippen LogP contribution in [0, 0.1) is 12.8 Å². The van der Waals surface area contributed by atoms with Crippen LogP contribution in [-0.2, 0) is 4.79 Å².